The molecule has 0 aliphatic heterocycles. The molecule has 2 aromatic carbocycles. The molecule has 31 heavy (non-hydrogen) atoms. The van der Waals surface area contributed by atoms with Crippen LogP contribution in [0.3, 0.4) is 0 Å². The maximum absolute atomic E-state index is 12.7. The number of nitriles is 1. The number of nitrogens with one attached hydrogen (secondary N) is 1. The van der Waals surface area contributed by atoms with Crippen molar-refractivity contribution in [3.63, 3.8) is 0 Å². The molecule has 3 aromatic rings. The number of amides is 1. The van der Waals surface area contributed by atoms with Crippen LogP contribution in [0.5, 0.6) is 11.5 Å². The lowest BCUT2D eigenvalue weighted by Crippen LogP contribution is -2.13. The molecule has 0 fully saturated rings. The number of carbonyl (C=O) groups is 1. The molecule has 1 aromatic heterocycles. The molecule has 0 aliphatic carbocycles. The highest BCUT2D eigenvalue weighted by atomic mass is 16.5. The van der Waals surface area contributed by atoms with Gasteiger partial charge in [0.05, 0.1) is 19.9 Å². The van der Waals surface area contributed by atoms with E-state index in [4.69, 9.17) is 9.47 Å². The molecule has 1 N–H and O–H groups in total. The summed E-state index contributed by atoms with van der Waals surface area (Å²) in [5.74, 6) is 0.892. The number of benzene rings is 2. The van der Waals surface area contributed by atoms with Gasteiger partial charge in [0.15, 0.2) is 0 Å². The first-order valence-corrected chi connectivity index (χ1v) is 9.79. The Morgan fingerprint density at radius 2 is 1.84 bits per heavy atom. The van der Waals surface area contributed by atoms with Crippen LogP contribution in [0.15, 0.2) is 54.1 Å². The molecule has 6 heteroatoms. The fourth-order valence-electron chi connectivity index (χ4n) is 3.48. The molecule has 0 aliphatic rings. The number of ether oxygens (including phenoxy) is 2. The number of carbonyl (C=O) groups excluding carboxylic acids is 1. The summed E-state index contributed by atoms with van der Waals surface area (Å²) in [7, 11) is 3.19. The van der Waals surface area contributed by atoms with Crippen molar-refractivity contribution in [2.24, 2.45) is 0 Å². The van der Waals surface area contributed by atoms with Gasteiger partial charge in [0.1, 0.15) is 23.1 Å². The topological polar surface area (TPSA) is 76.3 Å². The molecule has 0 bridgehead atoms. The van der Waals surface area contributed by atoms with E-state index in [0.29, 0.717) is 11.4 Å². The molecular weight excluding hydrogens is 390 g/mol. The molecule has 1 amide bonds. The largest absolute Gasteiger partial charge is 0.497 e. The summed E-state index contributed by atoms with van der Waals surface area (Å²) >= 11 is 0. The second kappa shape index (κ2) is 9.23. The summed E-state index contributed by atoms with van der Waals surface area (Å²) in [5, 5.41) is 12.4. The molecule has 0 unspecified atom stereocenters. The van der Waals surface area contributed by atoms with Gasteiger partial charge in [-0.3, -0.25) is 4.79 Å². The van der Waals surface area contributed by atoms with Crippen LogP contribution < -0.4 is 14.8 Å². The molecule has 158 valence electrons. The second-order valence-electron chi connectivity index (χ2n) is 7.19. The molecule has 6 nitrogen and oxygen atoms in total. The average molecular weight is 415 g/mol. The van der Waals surface area contributed by atoms with Crippen molar-refractivity contribution < 1.29 is 14.3 Å². The molecule has 0 saturated heterocycles. The average Bonchev–Trinajstić information content (AvgIpc) is 3.04. The van der Waals surface area contributed by atoms with E-state index in [1.807, 2.05) is 51.1 Å². The Morgan fingerprint density at radius 3 is 2.52 bits per heavy atom. The van der Waals surface area contributed by atoms with E-state index in [9.17, 15) is 10.1 Å². The number of aromatic nitrogens is 1. The van der Waals surface area contributed by atoms with E-state index >= 15 is 0 Å². The quantitative estimate of drug-likeness (QED) is 0.456. The summed E-state index contributed by atoms with van der Waals surface area (Å²) < 4.78 is 12.8. The normalized spacial score (nSPS) is 11.0. The highest BCUT2D eigenvalue weighted by Gasteiger charge is 2.16. The predicted molar refractivity (Wildman–Crippen MR) is 122 cm³/mol. The summed E-state index contributed by atoms with van der Waals surface area (Å²) in [5.41, 5.74) is 5.26. The Balaban J connectivity index is 1.97. The lowest BCUT2D eigenvalue weighted by Gasteiger charge is -2.14. The van der Waals surface area contributed by atoms with Gasteiger partial charge in [0, 0.05) is 23.1 Å². The van der Waals surface area contributed by atoms with Crippen LogP contribution >= 0.6 is 0 Å². The van der Waals surface area contributed by atoms with Crippen molar-refractivity contribution in [1.82, 2.24) is 4.57 Å². The first kappa shape index (κ1) is 21.7. The van der Waals surface area contributed by atoms with Crippen LogP contribution in [0.4, 0.5) is 5.69 Å². The predicted octanol–water partition coefficient (Wildman–Crippen LogP) is 4.97. The number of anilines is 1. The summed E-state index contributed by atoms with van der Waals surface area (Å²) in [6, 6.07) is 16.9. The molecule has 3 rings (SSSR count). The van der Waals surface area contributed by atoms with Crippen molar-refractivity contribution in [2.75, 3.05) is 19.5 Å². The van der Waals surface area contributed by atoms with Gasteiger partial charge in [-0.15, -0.1) is 0 Å². The standard InChI is InChI=1S/C25H25N3O3/c1-16-9-10-24(31-5)23(11-16)28-17(2)12-19(18(28)3)13-20(15-26)25(29)27-21-7-6-8-22(14-21)30-4/h6-14H,1-5H3,(H,27,29)/b20-13-. The van der Waals surface area contributed by atoms with E-state index < -0.39 is 5.91 Å². The number of aryl methyl sites for hydroxylation is 2. The number of methoxy groups -OCH3 is 2. The van der Waals surface area contributed by atoms with Crippen LogP contribution in [0.2, 0.25) is 0 Å². The summed E-state index contributed by atoms with van der Waals surface area (Å²) in [6.07, 6.45) is 1.61. The lowest BCUT2D eigenvalue weighted by atomic mass is 10.1. The maximum atomic E-state index is 12.7. The van der Waals surface area contributed by atoms with Crippen LogP contribution in [-0.4, -0.2) is 24.7 Å². The van der Waals surface area contributed by atoms with Crippen LogP contribution in [0.25, 0.3) is 11.8 Å². The third-order valence-electron chi connectivity index (χ3n) is 5.04. The second-order valence-corrected chi connectivity index (χ2v) is 7.19. The summed E-state index contributed by atoms with van der Waals surface area (Å²) in [6.45, 7) is 5.96. The fraction of sp³-hybridized carbons (Fsp3) is 0.200. The van der Waals surface area contributed by atoms with Crippen LogP contribution in [0.1, 0.15) is 22.5 Å². The van der Waals surface area contributed by atoms with Crippen molar-refractivity contribution in [3.05, 3.63) is 76.6 Å². The highest BCUT2D eigenvalue weighted by Crippen LogP contribution is 2.30. The van der Waals surface area contributed by atoms with Crippen molar-refractivity contribution in [3.8, 4) is 23.3 Å². The monoisotopic (exact) mass is 415 g/mol. The highest BCUT2D eigenvalue weighted by molar-refractivity contribution is 6.09. The fourth-order valence-corrected chi connectivity index (χ4v) is 3.48. The van der Waals surface area contributed by atoms with Crippen molar-refractivity contribution >= 4 is 17.7 Å². The molecule has 0 saturated carbocycles. The van der Waals surface area contributed by atoms with Gasteiger partial charge in [-0.1, -0.05) is 12.1 Å². The molecule has 0 radical (unpaired) electrons. The van der Waals surface area contributed by atoms with Crippen LogP contribution in [-0.2, 0) is 4.79 Å². The van der Waals surface area contributed by atoms with Gasteiger partial charge in [0.25, 0.3) is 5.91 Å². The van der Waals surface area contributed by atoms with Gasteiger partial charge >= 0.3 is 0 Å². The maximum Gasteiger partial charge on any atom is 0.266 e. The van der Waals surface area contributed by atoms with Gasteiger partial charge in [-0.2, -0.15) is 5.26 Å². The first-order chi connectivity index (χ1) is 14.9. The zero-order valence-corrected chi connectivity index (χ0v) is 18.3. The Labute approximate surface area is 182 Å². The molecule has 1 heterocycles. The van der Waals surface area contributed by atoms with E-state index in [1.54, 1.807) is 44.6 Å². The zero-order chi connectivity index (χ0) is 22.5. The molecule has 0 atom stereocenters. The van der Waals surface area contributed by atoms with E-state index in [1.165, 1.54) is 0 Å². The van der Waals surface area contributed by atoms with E-state index in [0.717, 1.165) is 34.0 Å². The number of hydrogen-bond donors (Lipinski definition) is 1. The first-order valence-electron chi connectivity index (χ1n) is 9.79. The molecular formula is C25H25N3O3. The van der Waals surface area contributed by atoms with Gasteiger partial charge < -0.3 is 19.4 Å². The minimum Gasteiger partial charge on any atom is -0.497 e. The summed E-state index contributed by atoms with van der Waals surface area (Å²) in [4.78, 5) is 12.7. The zero-order valence-electron chi connectivity index (χ0n) is 18.3. The number of rotatable bonds is 6. The Morgan fingerprint density at radius 1 is 1.06 bits per heavy atom. The third kappa shape index (κ3) is 4.62. The van der Waals surface area contributed by atoms with Gasteiger partial charge in [-0.05, 0) is 68.3 Å². The van der Waals surface area contributed by atoms with Gasteiger partial charge in [-0.25, -0.2) is 0 Å². The number of hydrogen-bond acceptors (Lipinski definition) is 4. The van der Waals surface area contributed by atoms with Crippen LogP contribution in [0, 0.1) is 32.1 Å². The molecule has 0 spiro atoms. The third-order valence-corrected chi connectivity index (χ3v) is 5.04. The van der Waals surface area contributed by atoms with Crippen molar-refractivity contribution in [2.45, 2.75) is 20.8 Å². The SMILES string of the molecule is COc1cccc(NC(=O)/C(C#N)=C\c2cc(C)n(-c3cc(C)ccc3OC)c2C)c1. The van der Waals surface area contributed by atoms with Gasteiger partial charge in [0.2, 0.25) is 0 Å². The Hall–Kier alpha value is -3.98. The Kier molecular flexibility index (Phi) is 6.46. The van der Waals surface area contributed by atoms with E-state index in [-0.39, 0.29) is 5.57 Å². The minimum atomic E-state index is -0.478. The smallest absolute Gasteiger partial charge is 0.266 e. The minimum absolute atomic E-state index is 0.0132. The lowest BCUT2D eigenvalue weighted by molar-refractivity contribution is -0.112. The van der Waals surface area contributed by atoms with Crippen molar-refractivity contribution in [1.29, 1.82) is 5.26 Å². The number of nitrogens with zero attached hydrogens (tertiary/aromatic N) is 2. The Bertz CT molecular complexity index is 1200. The van der Waals surface area contributed by atoms with E-state index in [2.05, 4.69) is 9.88 Å².